The highest BCUT2D eigenvalue weighted by Crippen LogP contribution is 2.32. The van der Waals surface area contributed by atoms with Gasteiger partial charge in [-0.3, -0.25) is 4.79 Å². The molecule has 0 bridgehead atoms. The predicted molar refractivity (Wildman–Crippen MR) is 73.1 cm³/mol. The Morgan fingerprint density at radius 1 is 1.26 bits per heavy atom. The van der Waals surface area contributed by atoms with Crippen molar-refractivity contribution in [1.29, 1.82) is 0 Å². The van der Waals surface area contributed by atoms with E-state index in [1.807, 2.05) is 0 Å². The van der Waals surface area contributed by atoms with E-state index in [-0.39, 0.29) is 21.3 Å². The quantitative estimate of drug-likeness (QED) is 0.896. The third-order valence-corrected chi connectivity index (χ3v) is 3.18. The number of anilines is 1. The van der Waals surface area contributed by atoms with Crippen LogP contribution in [0.4, 0.5) is 5.69 Å². The minimum absolute atomic E-state index is 0.0464. The summed E-state index contributed by atoms with van der Waals surface area (Å²) in [6.45, 7) is 3.16. The molecule has 1 amide bonds. The molecule has 0 aromatic heterocycles. The van der Waals surface area contributed by atoms with E-state index in [9.17, 15) is 9.59 Å². The number of methoxy groups -OCH3 is 1. The van der Waals surface area contributed by atoms with Crippen molar-refractivity contribution in [3.8, 4) is 0 Å². The highest BCUT2D eigenvalue weighted by atomic mass is 35.5. The molecule has 104 valence electrons. The van der Waals surface area contributed by atoms with Gasteiger partial charge in [0.2, 0.25) is 0 Å². The summed E-state index contributed by atoms with van der Waals surface area (Å²) in [6, 6.07) is 2.43. The normalized spacial score (nSPS) is 11.2. The maximum atomic E-state index is 11.9. The van der Waals surface area contributed by atoms with Gasteiger partial charge in [-0.15, -0.1) is 0 Å². The molecule has 0 aliphatic rings. The molecule has 0 spiro atoms. The number of benzene rings is 1. The lowest BCUT2D eigenvalue weighted by Crippen LogP contribution is -2.39. The number of hydrogen-bond donors (Lipinski definition) is 2. The second-order valence-corrected chi connectivity index (χ2v) is 5.10. The summed E-state index contributed by atoms with van der Waals surface area (Å²) in [6.07, 6.45) is 0. The first-order valence-corrected chi connectivity index (χ1v) is 6.03. The molecular formula is C12H13Cl2NO4. The van der Waals surface area contributed by atoms with Gasteiger partial charge in [0.25, 0.3) is 5.91 Å². The summed E-state index contributed by atoms with van der Waals surface area (Å²) >= 11 is 11.8. The zero-order valence-corrected chi connectivity index (χ0v) is 12.1. The van der Waals surface area contributed by atoms with Crippen LogP contribution in [0.15, 0.2) is 12.1 Å². The Morgan fingerprint density at radius 2 is 1.74 bits per heavy atom. The van der Waals surface area contributed by atoms with Gasteiger partial charge in [0.05, 0.1) is 21.3 Å². The Kier molecular flexibility index (Phi) is 4.79. The van der Waals surface area contributed by atoms with Gasteiger partial charge in [0.15, 0.2) is 0 Å². The molecule has 0 saturated carbocycles. The van der Waals surface area contributed by atoms with Crippen LogP contribution in [0.1, 0.15) is 24.2 Å². The molecule has 0 aliphatic carbocycles. The third kappa shape index (κ3) is 3.59. The van der Waals surface area contributed by atoms with Crippen LogP contribution >= 0.6 is 23.2 Å². The Balaban J connectivity index is 3.10. The molecular weight excluding hydrogens is 293 g/mol. The van der Waals surface area contributed by atoms with Gasteiger partial charge >= 0.3 is 5.97 Å². The predicted octanol–water partition coefficient (Wildman–Crippen LogP) is 3.06. The Labute approximate surface area is 120 Å². The number of halogens is 2. The number of aromatic carboxylic acids is 1. The van der Waals surface area contributed by atoms with Gasteiger partial charge in [0.1, 0.15) is 5.60 Å². The fourth-order valence-corrected chi connectivity index (χ4v) is 1.75. The van der Waals surface area contributed by atoms with Gasteiger partial charge in [-0.05, 0) is 26.0 Å². The van der Waals surface area contributed by atoms with Crippen LogP contribution < -0.4 is 5.32 Å². The first-order valence-electron chi connectivity index (χ1n) is 5.28. The number of nitrogens with one attached hydrogen (secondary N) is 1. The van der Waals surface area contributed by atoms with Crippen molar-refractivity contribution in [3.63, 3.8) is 0 Å². The van der Waals surface area contributed by atoms with Crippen LogP contribution in [0.2, 0.25) is 10.0 Å². The van der Waals surface area contributed by atoms with Gasteiger partial charge in [-0.1, -0.05) is 23.2 Å². The number of hydrogen-bond acceptors (Lipinski definition) is 3. The molecule has 1 aromatic carbocycles. The smallest absolute Gasteiger partial charge is 0.335 e. The fraction of sp³-hybridized carbons (Fsp3) is 0.333. The standard InChI is InChI=1S/C12H13Cl2NO4/c1-12(2,19-3)11(18)15-9-7(13)4-6(10(16)17)5-8(9)14/h4-5H,1-3H3,(H,15,18)(H,16,17). The lowest BCUT2D eigenvalue weighted by Gasteiger charge is -2.22. The van der Waals surface area contributed by atoms with Crippen molar-refractivity contribution in [2.45, 2.75) is 19.4 Å². The zero-order valence-electron chi connectivity index (χ0n) is 10.6. The molecule has 0 heterocycles. The fourth-order valence-electron chi connectivity index (χ4n) is 1.17. The highest BCUT2D eigenvalue weighted by molar-refractivity contribution is 6.40. The summed E-state index contributed by atoms with van der Waals surface area (Å²) in [7, 11) is 1.40. The van der Waals surface area contributed by atoms with E-state index in [2.05, 4.69) is 5.32 Å². The largest absolute Gasteiger partial charge is 0.478 e. The first-order chi connectivity index (χ1) is 8.69. The maximum Gasteiger partial charge on any atom is 0.335 e. The number of amides is 1. The molecule has 2 N–H and O–H groups in total. The summed E-state index contributed by atoms with van der Waals surface area (Å²) < 4.78 is 5.02. The van der Waals surface area contributed by atoms with Crippen molar-refractivity contribution < 1.29 is 19.4 Å². The van der Waals surface area contributed by atoms with Crippen molar-refractivity contribution in [1.82, 2.24) is 0 Å². The third-order valence-electron chi connectivity index (χ3n) is 2.58. The zero-order chi connectivity index (χ0) is 14.8. The molecule has 0 saturated heterocycles. The summed E-state index contributed by atoms with van der Waals surface area (Å²) in [5, 5.41) is 11.5. The topological polar surface area (TPSA) is 75.6 Å². The number of carbonyl (C=O) groups excluding carboxylic acids is 1. The Hall–Kier alpha value is -1.30. The number of rotatable bonds is 4. The molecule has 0 radical (unpaired) electrons. The van der Waals surface area contributed by atoms with E-state index in [1.165, 1.54) is 19.2 Å². The molecule has 0 fully saturated rings. The average Bonchev–Trinajstić information content (AvgIpc) is 2.32. The Morgan fingerprint density at radius 3 is 2.11 bits per heavy atom. The van der Waals surface area contributed by atoms with Crippen LogP contribution in [-0.4, -0.2) is 29.7 Å². The van der Waals surface area contributed by atoms with E-state index in [4.69, 9.17) is 33.0 Å². The second-order valence-electron chi connectivity index (χ2n) is 4.29. The molecule has 0 aliphatic heterocycles. The average molecular weight is 306 g/mol. The van der Waals surface area contributed by atoms with Crippen molar-refractivity contribution >= 4 is 40.8 Å². The van der Waals surface area contributed by atoms with E-state index in [1.54, 1.807) is 13.8 Å². The van der Waals surface area contributed by atoms with Crippen molar-refractivity contribution in [2.24, 2.45) is 0 Å². The molecule has 1 aromatic rings. The van der Waals surface area contributed by atoms with E-state index in [0.717, 1.165) is 0 Å². The highest BCUT2D eigenvalue weighted by Gasteiger charge is 2.28. The lowest BCUT2D eigenvalue weighted by molar-refractivity contribution is -0.133. The molecule has 19 heavy (non-hydrogen) atoms. The lowest BCUT2D eigenvalue weighted by atomic mass is 10.1. The first kappa shape index (κ1) is 15.8. The number of ether oxygens (including phenoxy) is 1. The van der Waals surface area contributed by atoms with Crippen LogP contribution in [0.25, 0.3) is 0 Å². The number of carbonyl (C=O) groups is 2. The summed E-state index contributed by atoms with van der Waals surface area (Å²) in [5.41, 5.74) is -0.958. The monoisotopic (exact) mass is 305 g/mol. The van der Waals surface area contributed by atoms with Crippen LogP contribution in [-0.2, 0) is 9.53 Å². The number of carboxylic acids is 1. The summed E-state index contributed by atoms with van der Waals surface area (Å²) in [5.74, 6) is -1.60. The van der Waals surface area contributed by atoms with Gasteiger partial charge in [0, 0.05) is 7.11 Å². The van der Waals surface area contributed by atoms with Gasteiger partial charge in [-0.2, -0.15) is 0 Å². The molecule has 7 heteroatoms. The maximum absolute atomic E-state index is 11.9. The minimum atomic E-state index is -1.15. The SMILES string of the molecule is COC(C)(C)C(=O)Nc1c(Cl)cc(C(=O)O)cc1Cl. The van der Waals surface area contributed by atoms with E-state index >= 15 is 0 Å². The van der Waals surface area contributed by atoms with Crippen molar-refractivity contribution in [2.75, 3.05) is 12.4 Å². The molecule has 0 unspecified atom stereocenters. The molecule has 5 nitrogen and oxygen atoms in total. The van der Waals surface area contributed by atoms with Crippen LogP contribution in [0, 0.1) is 0 Å². The molecule has 0 atom stereocenters. The summed E-state index contributed by atoms with van der Waals surface area (Å²) in [4.78, 5) is 22.7. The minimum Gasteiger partial charge on any atom is -0.478 e. The van der Waals surface area contributed by atoms with Crippen LogP contribution in [0.3, 0.4) is 0 Å². The van der Waals surface area contributed by atoms with Gasteiger partial charge in [-0.25, -0.2) is 4.79 Å². The van der Waals surface area contributed by atoms with Crippen LogP contribution in [0.5, 0.6) is 0 Å². The molecule has 1 rings (SSSR count). The van der Waals surface area contributed by atoms with E-state index in [0.29, 0.717) is 0 Å². The Bertz CT molecular complexity index is 505. The van der Waals surface area contributed by atoms with Gasteiger partial charge < -0.3 is 15.2 Å². The number of carboxylic acid groups (broad SMARTS) is 1. The second kappa shape index (κ2) is 5.77. The van der Waals surface area contributed by atoms with Crippen molar-refractivity contribution in [3.05, 3.63) is 27.7 Å². The van der Waals surface area contributed by atoms with E-state index < -0.39 is 17.5 Å².